The van der Waals surface area contributed by atoms with E-state index in [-0.39, 0.29) is 32.0 Å². The van der Waals surface area contributed by atoms with Gasteiger partial charge in [0.2, 0.25) is 0 Å². The Morgan fingerprint density at radius 3 is 2.65 bits per heavy atom. The summed E-state index contributed by atoms with van der Waals surface area (Å²) in [4.78, 5) is 4.40. The number of aliphatic imine (C=N–C) groups is 1. The molecule has 0 saturated carbocycles. The second-order valence-electron chi connectivity index (χ2n) is 4.33. The summed E-state index contributed by atoms with van der Waals surface area (Å²) < 4.78 is 0. The number of hydrogen-bond donors (Lipinski definition) is 1. The fourth-order valence-electron chi connectivity index (χ4n) is 1.60. The topological polar surface area (TPSA) is 55.5 Å². The van der Waals surface area contributed by atoms with Crippen LogP contribution in [0.3, 0.4) is 0 Å². The van der Waals surface area contributed by atoms with Crippen molar-refractivity contribution < 1.29 is 30.3 Å². The van der Waals surface area contributed by atoms with Crippen molar-refractivity contribution >= 4 is 5.71 Å². The Hall–Kier alpha value is -1.22. The predicted molar refractivity (Wildman–Crippen MR) is 79.9 cm³/mol. The number of allylic oxidation sites excluding steroid dienone is 2. The van der Waals surface area contributed by atoms with Crippen molar-refractivity contribution in [1.82, 2.24) is 0 Å². The molecule has 3 nitrogen and oxygen atoms in total. The summed E-state index contributed by atoms with van der Waals surface area (Å²) in [5.74, 6) is 0.225. The zero-order chi connectivity index (χ0) is 14.1. The van der Waals surface area contributed by atoms with Gasteiger partial charge in [-0.1, -0.05) is 12.2 Å². The van der Waals surface area contributed by atoms with Crippen molar-refractivity contribution in [3.8, 4) is 0 Å². The molecule has 0 aromatic heterocycles. The zero-order valence-corrected chi connectivity index (χ0v) is 14.2. The second kappa shape index (κ2) is 10.6. The molecule has 0 fully saturated rings. The van der Waals surface area contributed by atoms with Crippen molar-refractivity contribution in [2.24, 2.45) is 4.99 Å². The average molecular weight is 452 g/mol. The monoisotopic (exact) mass is 452 g/mol. The first-order valence-electron chi connectivity index (χ1n) is 6.36. The van der Waals surface area contributed by atoms with Crippen LogP contribution in [0.4, 0.5) is 0 Å². The second-order valence-corrected chi connectivity index (χ2v) is 4.33. The van der Waals surface area contributed by atoms with Gasteiger partial charge in [-0.15, -0.1) is 35.9 Å². The smallest absolute Gasteiger partial charge is 0.173 e. The molecule has 1 aliphatic heterocycles. The van der Waals surface area contributed by atoms with Crippen LogP contribution in [0, 0.1) is 6.07 Å². The molecule has 0 bridgehead atoms. The molecule has 1 radical (unpaired) electrons. The van der Waals surface area contributed by atoms with Crippen LogP contribution < -0.4 is 0 Å². The molecular weight excluding hydrogens is 430 g/mol. The molecule has 1 aromatic carbocycles. The average Bonchev–Trinajstić information content (AvgIpc) is 2.40. The summed E-state index contributed by atoms with van der Waals surface area (Å²) in [7, 11) is 0. The van der Waals surface area contributed by atoms with E-state index in [1.165, 1.54) is 6.08 Å². The zero-order valence-electron chi connectivity index (χ0n) is 11.8. The first kappa shape index (κ1) is 18.8. The number of dihydropyridines is 1. The minimum atomic E-state index is -0.287. The van der Waals surface area contributed by atoms with Gasteiger partial charge in [-0.25, -0.2) is 0 Å². The Morgan fingerprint density at radius 1 is 1.50 bits per heavy atom. The molecule has 4 heteroatoms. The Balaban J connectivity index is 0.000000396. The van der Waals surface area contributed by atoms with Crippen molar-refractivity contribution in [3.63, 3.8) is 0 Å². The molecule has 0 spiro atoms. The first-order valence-corrected chi connectivity index (χ1v) is 6.36. The van der Waals surface area contributed by atoms with Gasteiger partial charge in [-0.2, -0.15) is 0 Å². The summed E-state index contributed by atoms with van der Waals surface area (Å²) >= 11 is 0. The van der Waals surface area contributed by atoms with E-state index in [0.29, 0.717) is 0 Å². The molecule has 1 unspecified atom stereocenters. The molecule has 1 aliphatic rings. The maximum Gasteiger partial charge on any atom is 0.173 e. The van der Waals surface area contributed by atoms with E-state index in [4.69, 9.17) is 10.2 Å². The van der Waals surface area contributed by atoms with E-state index in [2.05, 4.69) is 23.2 Å². The van der Waals surface area contributed by atoms with Crippen molar-refractivity contribution in [1.29, 1.82) is 0 Å². The van der Waals surface area contributed by atoms with Gasteiger partial charge in [0.25, 0.3) is 0 Å². The third-order valence-corrected chi connectivity index (χ3v) is 2.33. The van der Waals surface area contributed by atoms with Crippen LogP contribution in [-0.2, 0) is 20.1 Å². The molecule has 1 aromatic rings. The number of aliphatic hydroxyl groups is 1. The molecule has 0 aliphatic carbocycles. The van der Waals surface area contributed by atoms with Crippen LogP contribution in [0.1, 0.15) is 25.8 Å². The number of aliphatic hydroxyl groups excluding tert-OH is 1. The molecule has 2 rings (SSSR count). The van der Waals surface area contributed by atoms with Crippen LogP contribution >= 0.6 is 0 Å². The van der Waals surface area contributed by atoms with Gasteiger partial charge >= 0.3 is 0 Å². The molecule has 0 amide bonds. The summed E-state index contributed by atoms with van der Waals surface area (Å²) in [6.07, 6.45) is 6.47. The minimum Gasteiger partial charge on any atom is -0.513 e. The van der Waals surface area contributed by atoms with Gasteiger partial charge in [0.15, 0.2) is 6.10 Å². The van der Waals surface area contributed by atoms with Crippen molar-refractivity contribution in [2.75, 3.05) is 6.54 Å². The fourth-order valence-corrected chi connectivity index (χ4v) is 1.60. The van der Waals surface area contributed by atoms with Gasteiger partial charge in [0.05, 0.1) is 5.76 Å². The summed E-state index contributed by atoms with van der Waals surface area (Å²) in [5.41, 5.74) is 2.15. The first-order chi connectivity index (χ1) is 9.09. The normalized spacial score (nSPS) is 15.3. The summed E-state index contributed by atoms with van der Waals surface area (Å²) in [6.45, 7) is 4.17. The SMILES string of the molecule is C/C(O)=C/C(C)[OH2+].[Ir].[c-]1ccccc1C1=NCCC=C1. The van der Waals surface area contributed by atoms with Crippen LogP contribution in [0.5, 0.6) is 0 Å². The third-order valence-electron chi connectivity index (χ3n) is 2.33. The summed E-state index contributed by atoms with van der Waals surface area (Å²) in [6, 6.07) is 11.1. The van der Waals surface area contributed by atoms with E-state index < -0.39 is 0 Å². The quantitative estimate of drug-likeness (QED) is 0.420. The number of hydrogen-bond acceptors (Lipinski definition) is 2. The standard InChI is InChI=1S/C11H10N.C5H10O2.Ir/c1-2-6-10(7-3-1)11-8-4-5-9-12-11;1-4(6)3-5(2)7;/h1-4,6,8H,5,9H2;3-4,6-7H,1-2H3;/q-1;;/p+1/b;5-3-;. The number of benzene rings is 1. The molecular formula is C16H21IrNO2. The van der Waals surface area contributed by atoms with E-state index in [1.54, 1.807) is 13.8 Å². The Kier molecular flexibility index (Phi) is 9.91. The van der Waals surface area contributed by atoms with E-state index >= 15 is 0 Å². The molecule has 20 heavy (non-hydrogen) atoms. The fraction of sp³-hybridized carbons (Fsp3) is 0.312. The number of nitrogens with zero attached hydrogens (tertiary/aromatic N) is 1. The molecule has 111 valence electrons. The Bertz CT molecular complexity index is 461. The van der Waals surface area contributed by atoms with Crippen LogP contribution in [0.2, 0.25) is 0 Å². The maximum absolute atomic E-state index is 8.46. The molecule has 1 heterocycles. The maximum atomic E-state index is 8.46. The van der Waals surface area contributed by atoms with Gasteiger partial charge < -0.3 is 15.2 Å². The van der Waals surface area contributed by atoms with Gasteiger partial charge in [0, 0.05) is 39.6 Å². The molecule has 0 saturated heterocycles. The Labute approximate surface area is 134 Å². The van der Waals surface area contributed by atoms with E-state index in [1.807, 2.05) is 24.3 Å². The van der Waals surface area contributed by atoms with E-state index in [0.717, 1.165) is 24.2 Å². The molecule has 3 N–H and O–H groups in total. The molecule has 1 atom stereocenters. The van der Waals surface area contributed by atoms with E-state index in [9.17, 15) is 0 Å². The van der Waals surface area contributed by atoms with Gasteiger partial charge in [0.1, 0.15) is 0 Å². The van der Waals surface area contributed by atoms with Crippen LogP contribution in [0.25, 0.3) is 0 Å². The van der Waals surface area contributed by atoms with Gasteiger partial charge in [-0.05, 0) is 19.1 Å². The minimum absolute atomic E-state index is 0. The van der Waals surface area contributed by atoms with Gasteiger partial charge in [-0.3, -0.25) is 0 Å². The Morgan fingerprint density at radius 2 is 2.25 bits per heavy atom. The third kappa shape index (κ3) is 8.05. The summed E-state index contributed by atoms with van der Waals surface area (Å²) in [5, 5.41) is 15.3. The van der Waals surface area contributed by atoms with Crippen LogP contribution in [-0.4, -0.2) is 28.6 Å². The number of rotatable bonds is 2. The van der Waals surface area contributed by atoms with Crippen molar-refractivity contribution in [2.45, 2.75) is 26.4 Å². The van der Waals surface area contributed by atoms with Crippen LogP contribution in [0.15, 0.2) is 53.2 Å². The predicted octanol–water partition coefficient (Wildman–Crippen LogP) is 2.79. The largest absolute Gasteiger partial charge is 0.513 e. The van der Waals surface area contributed by atoms with Crippen molar-refractivity contribution in [3.05, 3.63) is 59.9 Å².